The van der Waals surface area contributed by atoms with Gasteiger partial charge in [0.25, 0.3) is 0 Å². The SMILES string of the molecule is CCCOc1ccc(/C=C/C(=O)NC(c2ccccc2)c2ccccc2)cc1OC. The fraction of sp³-hybridized carbons (Fsp3) is 0.192. The van der Waals surface area contributed by atoms with Gasteiger partial charge in [-0.1, -0.05) is 73.7 Å². The average molecular weight is 402 g/mol. The van der Waals surface area contributed by atoms with E-state index in [1.54, 1.807) is 19.3 Å². The maximum Gasteiger partial charge on any atom is 0.244 e. The summed E-state index contributed by atoms with van der Waals surface area (Å²) in [5, 5.41) is 3.11. The Labute approximate surface area is 178 Å². The minimum Gasteiger partial charge on any atom is -0.493 e. The third-order valence-corrected chi connectivity index (χ3v) is 4.63. The van der Waals surface area contributed by atoms with Crippen LogP contribution in [0.5, 0.6) is 11.5 Å². The number of hydrogen-bond donors (Lipinski definition) is 1. The topological polar surface area (TPSA) is 47.6 Å². The van der Waals surface area contributed by atoms with Gasteiger partial charge in [0.15, 0.2) is 11.5 Å². The fourth-order valence-electron chi connectivity index (χ4n) is 3.13. The molecule has 4 nitrogen and oxygen atoms in total. The Hall–Kier alpha value is -3.53. The van der Waals surface area contributed by atoms with Crippen molar-refractivity contribution in [2.75, 3.05) is 13.7 Å². The Kier molecular flexibility index (Phi) is 7.67. The van der Waals surface area contributed by atoms with Crippen LogP contribution in [0.25, 0.3) is 6.08 Å². The van der Waals surface area contributed by atoms with E-state index in [4.69, 9.17) is 9.47 Å². The van der Waals surface area contributed by atoms with E-state index in [1.165, 1.54) is 0 Å². The van der Waals surface area contributed by atoms with Gasteiger partial charge in [-0.05, 0) is 41.3 Å². The molecule has 0 heterocycles. The summed E-state index contributed by atoms with van der Waals surface area (Å²) in [6, 6.07) is 25.3. The Morgan fingerprint density at radius 3 is 2.13 bits per heavy atom. The lowest BCUT2D eigenvalue weighted by Crippen LogP contribution is -2.27. The number of benzene rings is 3. The van der Waals surface area contributed by atoms with Crippen LogP contribution in [0.2, 0.25) is 0 Å². The van der Waals surface area contributed by atoms with Crippen molar-refractivity contribution in [1.82, 2.24) is 5.32 Å². The zero-order chi connectivity index (χ0) is 21.2. The zero-order valence-corrected chi connectivity index (χ0v) is 17.4. The van der Waals surface area contributed by atoms with Crippen LogP contribution < -0.4 is 14.8 Å². The van der Waals surface area contributed by atoms with Crippen LogP contribution in [0.3, 0.4) is 0 Å². The van der Waals surface area contributed by atoms with E-state index in [9.17, 15) is 4.79 Å². The number of nitrogens with one attached hydrogen (secondary N) is 1. The lowest BCUT2D eigenvalue weighted by molar-refractivity contribution is -0.116. The molecule has 0 saturated carbocycles. The molecule has 0 aliphatic heterocycles. The largest absolute Gasteiger partial charge is 0.493 e. The number of carbonyl (C=O) groups excluding carboxylic acids is 1. The molecule has 0 unspecified atom stereocenters. The molecule has 1 amide bonds. The van der Waals surface area contributed by atoms with Gasteiger partial charge >= 0.3 is 0 Å². The molecule has 0 radical (unpaired) electrons. The molecule has 1 N–H and O–H groups in total. The van der Waals surface area contributed by atoms with E-state index in [1.807, 2.05) is 78.9 Å². The Bertz CT molecular complexity index is 929. The summed E-state index contributed by atoms with van der Waals surface area (Å²) >= 11 is 0. The molecule has 154 valence electrons. The summed E-state index contributed by atoms with van der Waals surface area (Å²) in [5.41, 5.74) is 2.93. The van der Waals surface area contributed by atoms with Crippen molar-refractivity contribution in [3.05, 3.63) is 102 Å². The molecule has 0 saturated heterocycles. The summed E-state index contributed by atoms with van der Waals surface area (Å²) in [6.45, 7) is 2.69. The van der Waals surface area contributed by atoms with E-state index in [0.29, 0.717) is 18.1 Å². The molecule has 0 atom stereocenters. The standard InChI is InChI=1S/C26H27NO3/c1-3-18-30-23-16-14-20(19-24(23)29-2)15-17-25(28)27-26(21-10-6-4-7-11-21)22-12-8-5-9-13-22/h4-17,19,26H,3,18H2,1-2H3,(H,27,28)/b17-15+. The highest BCUT2D eigenvalue weighted by Gasteiger charge is 2.15. The van der Waals surface area contributed by atoms with Gasteiger partial charge in [0, 0.05) is 6.08 Å². The molecule has 4 heteroatoms. The monoisotopic (exact) mass is 401 g/mol. The highest BCUT2D eigenvalue weighted by molar-refractivity contribution is 5.92. The Balaban J connectivity index is 1.75. The normalized spacial score (nSPS) is 10.9. The first-order chi connectivity index (χ1) is 14.7. The van der Waals surface area contributed by atoms with Crippen molar-refractivity contribution >= 4 is 12.0 Å². The quantitative estimate of drug-likeness (QED) is 0.488. The first kappa shape index (κ1) is 21.2. The summed E-state index contributed by atoms with van der Waals surface area (Å²) in [7, 11) is 1.61. The van der Waals surface area contributed by atoms with E-state index in [0.717, 1.165) is 23.1 Å². The van der Waals surface area contributed by atoms with Gasteiger partial charge < -0.3 is 14.8 Å². The smallest absolute Gasteiger partial charge is 0.244 e. The molecule has 30 heavy (non-hydrogen) atoms. The molecule has 3 aromatic rings. The summed E-state index contributed by atoms with van der Waals surface area (Å²) in [5.74, 6) is 1.18. The number of carbonyl (C=O) groups is 1. The third kappa shape index (κ3) is 5.74. The van der Waals surface area contributed by atoms with Crippen LogP contribution >= 0.6 is 0 Å². The molecule has 0 aliphatic rings. The summed E-state index contributed by atoms with van der Waals surface area (Å²) < 4.78 is 11.1. The lowest BCUT2D eigenvalue weighted by Gasteiger charge is -2.19. The minimum atomic E-state index is -0.219. The second-order valence-electron chi connectivity index (χ2n) is 6.86. The van der Waals surface area contributed by atoms with Gasteiger partial charge in [0.1, 0.15) is 0 Å². The van der Waals surface area contributed by atoms with Gasteiger partial charge in [-0.25, -0.2) is 0 Å². The van der Waals surface area contributed by atoms with Crippen LogP contribution in [-0.2, 0) is 4.79 Å². The minimum absolute atomic E-state index is 0.169. The van der Waals surface area contributed by atoms with Gasteiger partial charge in [0.05, 0.1) is 19.8 Å². The first-order valence-electron chi connectivity index (χ1n) is 10.1. The van der Waals surface area contributed by atoms with Crippen molar-refractivity contribution < 1.29 is 14.3 Å². The second kappa shape index (κ2) is 10.9. The maximum atomic E-state index is 12.7. The number of rotatable bonds is 9. The summed E-state index contributed by atoms with van der Waals surface area (Å²) in [6.07, 6.45) is 4.24. The summed E-state index contributed by atoms with van der Waals surface area (Å²) in [4.78, 5) is 12.7. The molecule has 0 spiro atoms. The highest BCUT2D eigenvalue weighted by Crippen LogP contribution is 2.28. The molecule has 3 rings (SSSR count). The van der Waals surface area contributed by atoms with E-state index >= 15 is 0 Å². The Morgan fingerprint density at radius 2 is 1.57 bits per heavy atom. The number of methoxy groups -OCH3 is 1. The molecular weight excluding hydrogens is 374 g/mol. The van der Waals surface area contributed by atoms with Crippen LogP contribution in [0.15, 0.2) is 84.9 Å². The van der Waals surface area contributed by atoms with Crippen molar-refractivity contribution in [2.24, 2.45) is 0 Å². The zero-order valence-electron chi connectivity index (χ0n) is 17.4. The van der Waals surface area contributed by atoms with Gasteiger partial charge in [-0.3, -0.25) is 4.79 Å². The van der Waals surface area contributed by atoms with Crippen LogP contribution in [0.4, 0.5) is 0 Å². The van der Waals surface area contributed by atoms with Gasteiger partial charge in [0.2, 0.25) is 5.91 Å². The molecule has 0 fully saturated rings. The first-order valence-corrected chi connectivity index (χ1v) is 10.1. The third-order valence-electron chi connectivity index (χ3n) is 4.63. The second-order valence-corrected chi connectivity index (χ2v) is 6.86. The van der Waals surface area contributed by atoms with Crippen LogP contribution in [0.1, 0.15) is 36.1 Å². The van der Waals surface area contributed by atoms with Crippen molar-refractivity contribution in [3.8, 4) is 11.5 Å². The molecule has 0 aliphatic carbocycles. The molecule has 3 aromatic carbocycles. The molecular formula is C26H27NO3. The highest BCUT2D eigenvalue weighted by atomic mass is 16.5. The fourth-order valence-corrected chi connectivity index (χ4v) is 3.13. The van der Waals surface area contributed by atoms with Gasteiger partial charge in [-0.15, -0.1) is 0 Å². The number of ether oxygens (including phenoxy) is 2. The van der Waals surface area contributed by atoms with Crippen LogP contribution in [-0.4, -0.2) is 19.6 Å². The van der Waals surface area contributed by atoms with Crippen molar-refractivity contribution in [1.29, 1.82) is 0 Å². The lowest BCUT2D eigenvalue weighted by atomic mass is 9.98. The maximum absolute atomic E-state index is 12.7. The number of hydrogen-bond acceptors (Lipinski definition) is 3. The molecule has 0 aromatic heterocycles. The van der Waals surface area contributed by atoms with E-state index < -0.39 is 0 Å². The van der Waals surface area contributed by atoms with Crippen LogP contribution in [0, 0.1) is 0 Å². The molecule has 0 bridgehead atoms. The van der Waals surface area contributed by atoms with E-state index in [2.05, 4.69) is 12.2 Å². The number of amides is 1. The Morgan fingerprint density at radius 1 is 0.933 bits per heavy atom. The predicted molar refractivity (Wildman–Crippen MR) is 121 cm³/mol. The van der Waals surface area contributed by atoms with Crippen molar-refractivity contribution in [2.45, 2.75) is 19.4 Å². The van der Waals surface area contributed by atoms with E-state index in [-0.39, 0.29) is 11.9 Å². The predicted octanol–water partition coefficient (Wildman–Crippen LogP) is 5.40. The van der Waals surface area contributed by atoms with Crippen molar-refractivity contribution in [3.63, 3.8) is 0 Å². The average Bonchev–Trinajstić information content (AvgIpc) is 2.81. The van der Waals surface area contributed by atoms with Gasteiger partial charge in [-0.2, -0.15) is 0 Å².